The highest BCUT2D eigenvalue weighted by atomic mass is 35.5. The third-order valence-electron chi connectivity index (χ3n) is 3.88. The lowest BCUT2D eigenvalue weighted by atomic mass is 10.1. The summed E-state index contributed by atoms with van der Waals surface area (Å²) in [5.74, 6) is -1.40. The van der Waals surface area contributed by atoms with Gasteiger partial charge in [0.1, 0.15) is 0 Å². The number of amides is 3. The molecule has 0 aliphatic rings. The largest absolute Gasteiger partial charge is 0.452 e. The average Bonchev–Trinajstić information content (AvgIpc) is 3.16. The number of fused-ring (bicyclic) bond motifs is 1. The smallest absolute Gasteiger partial charge is 0.339 e. The highest BCUT2D eigenvalue weighted by molar-refractivity contribution is 7.19. The molecule has 2 aromatic heterocycles. The summed E-state index contributed by atoms with van der Waals surface area (Å²) in [6.45, 7) is 1.76. The number of halogens is 1. The van der Waals surface area contributed by atoms with Gasteiger partial charge in [-0.15, -0.1) is 11.3 Å². The number of thiophene rings is 1. The minimum absolute atomic E-state index is 0.276. The monoisotopic (exact) mass is 431 g/mol. The van der Waals surface area contributed by atoms with Gasteiger partial charge in [-0.1, -0.05) is 36.7 Å². The Bertz CT molecular complexity index is 1070. The summed E-state index contributed by atoms with van der Waals surface area (Å²) in [5, 5.41) is 5.21. The Morgan fingerprint density at radius 2 is 1.97 bits per heavy atom. The highest BCUT2D eigenvalue weighted by Crippen LogP contribution is 2.32. The molecule has 0 radical (unpaired) electrons. The van der Waals surface area contributed by atoms with Crippen molar-refractivity contribution in [2.45, 2.75) is 13.3 Å². The first-order chi connectivity index (χ1) is 14.0. The van der Waals surface area contributed by atoms with Crippen molar-refractivity contribution >= 4 is 51.7 Å². The maximum Gasteiger partial charge on any atom is 0.339 e. The van der Waals surface area contributed by atoms with Crippen LogP contribution in [0.15, 0.2) is 42.5 Å². The Morgan fingerprint density at radius 3 is 2.69 bits per heavy atom. The van der Waals surface area contributed by atoms with E-state index in [0.29, 0.717) is 27.5 Å². The van der Waals surface area contributed by atoms with Crippen LogP contribution in [0.25, 0.3) is 21.5 Å². The predicted molar refractivity (Wildman–Crippen MR) is 112 cm³/mol. The fourth-order valence-electron chi connectivity index (χ4n) is 2.58. The van der Waals surface area contributed by atoms with Crippen LogP contribution in [0.2, 0.25) is 4.34 Å². The van der Waals surface area contributed by atoms with Gasteiger partial charge in [0.15, 0.2) is 6.61 Å². The molecule has 0 aliphatic heterocycles. The van der Waals surface area contributed by atoms with E-state index in [1.807, 2.05) is 19.1 Å². The molecule has 0 unspecified atom stereocenters. The van der Waals surface area contributed by atoms with Crippen molar-refractivity contribution in [1.29, 1.82) is 0 Å². The summed E-state index contributed by atoms with van der Waals surface area (Å²) < 4.78 is 5.73. The van der Waals surface area contributed by atoms with Crippen molar-refractivity contribution in [2.75, 3.05) is 13.2 Å². The number of urea groups is 1. The third kappa shape index (κ3) is 5.30. The SMILES string of the molecule is CCCNC(=O)NC(=O)COC(=O)c1cc(-c2ccc(Cl)s2)nc2ccccc12. The topological polar surface area (TPSA) is 97.4 Å². The van der Waals surface area contributed by atoms with Crippen LogP contribution >= 0.6 is 22.9 Å². The summed E-state index contributed by atoms with van der Waals surface area (Å²) in [7, 11) is 0. The molecule has 0 spiro atoms. The fraction of sp³-hybridized carbons (Fsp3) is 0.200. The molecule has 9 heteroatoms. The van der Waals surface area contributed by atoms with Gasteiger partial charge in [0, 0.05) is 11.9 Å². The summed E-state index contributed by atoms with van der Waals surface area (Å²) >= 11 is 7.35. The van der Waals surface area contributed by atoms with Gasteiger partial charge in [-0.05, 0) is 30.7 Å². The van der Waals surface area contributed by atoms with Crippen molar-refractivity contribution in [3.8, 4) is 10.6 Å². The van der Waals surface area contributed by atoms with E-state index in [0.717, 1.165) is 11.3 Å². The molecule has 2 heterocycles. The summed E-state index contributed by atoms with van der Waals surface area (Å²) in [5.41, 5.74) is 1.47. The molecule has 0 bridgehead atoms. The Balaban J connectivity index is 1.78. The van der Waals surface area contributed by atoms with Gasteiger partial charge >= 0.3 is 12.0 Å². The van der Waals surface area contributed by atoms with E-state index in [9.17, 15) is 14.4 Å². The van der Waals surface area contributed by atoms with Crippen molar-refractivity contribution in [3.05, 3.63) is 52.4 Å². The predicted octanol–water partition coefficient (Wildman–Crippen LogP) is 4.01. The Kier molecular flexibility index (Phi) is 6.79. The number of carbonyl (C=O) groups excluding carboxylic acids is 3. The first-order valence-electron chi connectivity index (χ1n) is 8.88. The molecule has 1 aromatic carbocycles. The standard InChI is InChI=1S/C20H18ClN3O4S/c1-2-9-22-20(27)24-18(25)11-28-19(26)13-10-15(16-7-8-17(21)29-16)23-14-6-4-3-5-12(13)14/h3-8,10H,2,9,11H2,1H3,(H2,22,24,25,27). The van der Waals surface area contributed by atoms with E-state index in [1.54, 1.807) is 30.3 Å². The van der Waals surface area contributed by atoms with Gasteiger partial charge in [0.05, 0.1) is 26.0 Å². The van der Waals surface area contributed by atoms with Crippen LogP contribution < -0.4 is 10.6 Å². The van der Waals surface area contributed by atoms with E-state index >= 15 is 0 Å². The zero-order valence-electron chi connectivity index (χ0n) is 15.5. The lowest BCUT2D eigenvalue weighted by molar-refractivity contribution is -0.123. The second-order valence-electron chi connectivity index (χ2n) is 6.06. The van der Waals surface area contributed by atoms with Crippen LogP contribution in [0.1, 0.15) is 23.7 Å². The van der Waals surface area contributed by atoms with Crippen molar-refractivity contribution in [3.63, 3.8) is 0 Å². The maximum atomic E-state index is 12.7. The first kappa shape index (κ1) is 20.8. The zero-order valence-corrected chi connectivity index (χ0v) is 17.1. The Hall–Kier alpha value is -2.97. The number of nitrogens with one attached hydrogen (secondary N) is 2. The number of rotatable bonds is 6. The average molecular weight is 432 g/mol. The minimum atomic E-state index is -0.712. The summed E-state index contributed by atoms with van der Waals surface area (Å²) in [6, 6.07) is 11.7. The number of ether oxygens (including phenoxy) is 1. The quantitative estimate of drug-likeness (QED) is 0.575. The number of aromatic nitrogens is 1. The van der Waals surface area contributed by atoms with Crippen LogP contribution in [-0.4, -0.2) is 36.0 Å². The number of esters is 1. The number of benzene rings is 1. The highest BCUT2D eigenvalue weighted by Gasteiger charge is 2.17. The fourth-order valence-corrected chi connectivity index (χ4v) is 3.58. The van der Waals surface area contributed by atoms with Gasteiger partial charge in [-0.25, -0.2) is 14.6 Å². The second-order valence-corrected chi connectivity index (χ2v) is 7.77. The van der Waals surface area contributed by atoms with Gasteiger partial charge in [-0.3, -0.25) is 10.1 Å². The molecule has 0 atom stereocenters. The molecule has 2 N–H and O–H groups in total. The molecule has 3 amide bonds. The lowest BCUT2D eigenvalue weighted by Crippen LogP contribution is -2.41. The van der Waals surface area contributed by atoms with E-state index < -0.39 is 24.5 Å². The number of hydrogen-bond acceptors (Lipinski definition) is 6. The van der Waals surface area contributed by atoms with Crippen molar-refractivity contribution in [1.82, 2.24) is 15.6 Å². The van der Waals surface area contributed by atoms with Crippen molar-refractivity contribution < 1.29 is 19.1 Å². The number of pyridine rings is 1. The number of carbonyl (C=O) groups is 3. The molecule has 0 aliphatic carbocycles. The third-order valence-corrected chi connectivity index (χ3v) is 5.14. The molecular weight excluding hydrogens is 414 g/mol. The van der Waals surface area contributed by atoms with Crippen molar-refractivity contribution in [2.24, 2.45) is 0 Å². The van der Waals surface area contributed by atoms with E-state index in [2.05, 4.69) is 15.6 Å². The van der Waals surface area contributed by atoms with Crippen LogP contribution in [0.4, 0.5) is 4.79 Å². The van der Waals surface area contributed by atoms with E-state index in [4.69, 9.17) is 16.3 Å². The van der Waals surface area contributed by atoms with Gasteiger partial charge in [0.2, 0.25) is 0 Å². The maximum absolute atomic E-state index is 12.7. The summed E-state index contributed by atoms with van der Waals surface area (Å²) in [6.07, 6.45) is 0.740. The molecule has 0 saturated carbocycles. The number of nitrogens with zero attached hydrogens (tertiary/aromatic N) is 1. The molecule has 3 aromatic rings. The Morgan fingerprint density at radius 1 is 1.17 bits per heavy atom. The second kappa shape index (κ2) is 9.49. The normalized spacial score (nSPS) is 10.6. The van der Waals surface area contributed by atoms with Gasteiger partial charge < -0.3 is 10.1 Å². The molecule has 3 rings (SSSR count). The van der Waals surface area contributed by atoms with Crippen LogP contribution in [0, 0.1) is 0 Å². The zero-order chi connectivity index (χ0) is 20.8. The van der Waals surface area contributed by atoms with E-state index in [1.165, 1.54) is 11.3 Å². The van der Waals surface area contributed by atoms with Gasteiger partial charge in [0.25, 0.3) is 5.91 Å². The molecule has 7 nitrogen and oxygen atoms in total. The molecule has 0 fully saturated rings. The minimum Gasteiger partial charge on any atom is -0.452 e. The van der Waals surface area contributed by atoms with E-state index in [-0.39, 0.29) is 5.56 Å². The molecule has 0 saturated heterocycles. The van der Waals surface area contributed by atoms with Crippen LogP contribution in [0.3, 0.4) is 0 Å². The first-order valence-corrected chi connectivity index (χ1v) is 10.1. The molecular formula is C20H18ClN3O4S. The van der Waals surface area contributed by atoms with Crippen LogP contribution in [-0.2, 0) is 9.53 Å². The number of hydrogen-bond donors (Lipinski definition) is 2. The summed E-state index contributed by atoms with van der Waals surface area (Å²) in [4.78, 5) is 41.4. The van der Waals surface area contributed by atoms with Crippen LogP contribution in [0.5, 0.6) is 0 Å². The number of imide groups is 1. The number of para-hydroxylation sites is 1. The van der Waals surface area contributed by atoms with Gasteiger partial charge in [-0.2, -0.15) is 0 Å². The Labute approximate surface area is 176 Å². The molecule has 150 valence electrons. The molecule has 29 heavy (non-hydrogen) atoms. The lowest BCUT2D eigenvalue weighted by Gasteiger charge is -2.10.